The van der Waals surface area contributed by atoms with Crippen molar-refractivity contribution < 1.29 is 0 Å². The summed E-state index contributed by atoms with van der Waals surface area (Å²) in [6.45, 7) is 5.85. The van der Waals surface area contributed by atoms with E-state index in [1.807, 2.05) is 11.8 Å². The maximum Gasteiger partial charge on any atom is 0.0180 e. The molecule has 0 radical (unpaired) electrons. The highest BCUT2D eigenvalue weighted by Crippen LogP contribution is 2.13. The molecule has 3 heteroatoms. The molecular weight excluding hydrogens is 168 g/mol. The van der Waals surface area contributed by atoms with Crippen molar-refractivity contribution >= 4 is 11.8 Å². The third-order valence-corrected chi connectivity index (χ3v) is 3.60. The Morgan fingerprint density at radius 1 is 1.67 bits per heavy atom. The van der Waals surface area contributed by atoms with E-state index >= 15 is 0 Å². The molecule has 2 N–H and O–H groups in total. The van der Waals surface area contributed by atoms with Crippen molar-refractivity contribution in [3.8, 4) is 0 Å². The summed E-state index contributed by atoms with van der Waals surface area (Å²) in [6, 6.07) is 0.439. The lowest BCUT2D eigenvalue weighted by Crippen LogP contribution is -2.28. The Bertz CT molecular complexity index is 130. The Hall–Kier alpha value is 0.270. The number of nitrogens with two attached hydrogens (primary N) is 1. The highest BCUT2D eigenvalue weighted by Gasteiger charge is 2.18. The molecule has 1 heterocycles. The quantitative estimate of drug-likeness (QED) is 0.718. The summed E-state index contributed by atoms with van der Waals surface area (Å²) in [7, 11) is 0. The van der Waals surface area contributed by atoms with E-state index in [9.17, 15) is 0 Å². The van der Waals surface area contributed by atoms with Gasteiger partial charge < -0.3 is 10.6 Å². The van der Waals surface area contributed by atoms with E-state index in [1.165, 1.54) is 25.9 Å². The Kier molecular flexibility index (Phi) is 4.40. The second-order valence-corrected chi connectivity index (χ2v) is 4.96. The number of hydrogen-bond acceptors (Lipinski definition) is 3. The first-order valence-corrected chi connectivity index (χ1v) is 6.02. The van der Waals surface area contributed by atoms with Crippen LogP contribution >= 0.6 is 11.8 Å². The predicted molar refractivity (Wildman–Crippen MR) is 56.6 cm³/mol. The summed E-state index contributed by atoms with van der Waals surface area (Å²) in [5.41, 5.74) is 5.82. The Labute approximate surface area is 79.9 Å². The summed E-state index contributed by atoms with van der Waals surface area (Å²) in [6.07, 6.45) is 4.67. The predicted octanol–water partition coefficient (Wildman–Crippen LogP) is 1.16. The normalized spacial score (nSPS) is 27.8. The molecule has 0 aliphatic carbocycles. The van der Waals surface area contributed by atoms with E-state index in [4.69, 9.17) is 5.73 Å². The van der Waals surface area contributed by atoms with Gasteiger partial charge in [-0.15, -0.1) is 0 Å². The van der Waals surface area contributed by atoms with Crippen LogP contribution in [0.4, 0.5) is 0 Å². The SMILES string of the molecule is CSC(C)CCN1CCC(N)C1. The van der Waals surface area contributed by atoms with Crippen LogP contribution < -0.4 is 5.73 Å². The van der Waals surface area contributed by atoms with E-state index < -0.39 is 0 Å². The maximum atomic E-state index is 5.82. The van der Waals surface area contributed by atoms with Crippen molar-refractivity contribution in [3.63, 3.8) is 0 Å². The molecule has 12 heavy (non-hydrogen) atoms. The van der Waals surface area contributed by atoms with Crippen molar-refractivity contribution in [3.05, 3.63) is 0 Å². The molecule has 0 aromatic heterocycles. The average Bonchev–Trinajstić information content (AvgIpc) is 2.47. The molecule has 1 aliphatic heterocycles. The van der Waals surface area contributed by atoms with Gasteiger partial charge in [0.15, 0.2) is 0 Å². The monoisotopic (exact) mass is 188 g/mol. The van der Waals surface area contributed by atoms with E-state index in [0.29, 0.717) is 6.04 Å². The number of nitrogens with zero attached hydrogens (tertiary/aromatic N) is 1. The second-order valence-electron chi connectivity index (χ2n) is 3.68. The zero-order valence-corrected chi connectivity index (χ0v) is 8.94. The molecule has 72 valence electrons. The van der Waals surface area contributed by atoms with Gasteiger partial charge in [-0.2, -0.15) is 11.8 Å². The minimum absolute atomic E-state index is 0.439. The third-order valence-electron chi connectivity index (χ3n) is 2.56. The van der Waals surface area contributed by atoms with Gasteiger partial charge >= 0.3 is 0 Å². The minimum atomic E-state index is 0.439. The van der Waals surface area contributed by atoms with Crippen LogP contribution in [0.15, 0.2) is 0 Å². The lowest BCUT2D eigenvalue weighted by atomic mass is 10.3. The standard InChI is InChI=1S/C9H20N2S/c1-8(12-2)3-5-11-6-4-9(10)7-11/h8-9H,3-7,10H2,1-2H3. The molecule has 0 bridgehead atoms. The van der Waals surface area contributed by atoms with Gasteiger partial charge in [0, 0.05) is 17.8 Å². The van der Waals surface area contributed by atoms with E-state index in [0.717, 1.165) is 11.8 Å². The first kappa shape index (κ1) is 10.4. The maximum absolute atomic E-state index is 5.82. The smallest absolute Gasteiger partial charge is 0.0180 e. The molecule has 2 nitrogen and oxygen atoms in total. The first-order chi connectivity index (χ1) is 5.72. The van der Waals surface area contributed by atoms with Crippen LogP contribution in [0.3, 0.4) is 0 Å². The topological polar surface area (TPSA) is 29.3 Å². The van der Waals surface area contributed by atoms with Crippen LogP contribution in [0, 0.1) is 0 Å². The second kappa shape index (κ2) is 5.10. The Morgan fingerprint density at radius 2 is 2.42 bits per heavy atom. The molecule has 0 amide bonds. The van der Waals surface area contributed by atoms with Gasteiger partial charge in [-0.05, 0) is 32.2 Å². The zero-order valence-electron chi connectivity index (χ0n) is 8.12. The van der Waals surface area contributed by atoms with Gasteiger partial charge in [0.05, 0.1) is 0 Å². The average molecular weight is 188 g/mol. The molecule has 0 aromatic carbocycles. The van der Waals surface area contributed by atoms with Crippen LogP contribution in [-0.2, 0) is 0 Å². The lowest BCUT2D eigenvalue weighted by molar-refractivity contribution is 0.330. The molecule has 2 atom stereocenters. The zero-order chi connectivity index (χ0) is 8.97. The molecule has 2 unspecified atom stereocenters. The summed E-state index contributed by atoms with van der Waals surface area (Å²) in [5, 5.41) is 0.793. The van der Waals surface area contributed by atoms with Gasteiger partial charge in [-0.3, -0.25) is 0 Å². The molecule has 1 rings (SSSR count). The first-order valence-electron chi connectivity index (χ1n) is 4.73. The molecule has 0 saturated carbocycles. The van der Waals surface area contributed by atoms with E-state index in [2.05, 4.69) is 18.1 Å². The van der Waals surface area contributed by atoms with Crippen LogP contribution in [0.2, 0.25) is 0 Å². The van der Waals surface area contributed by atoms with Crippen molar-refractivity contribution in [1.82, 2.24) is 4.90 Å². The molecule has 1 fully saturated rings. The van der Waals surface area contributed by atoms with Gasteiger partial charge in [-0.25, -0.2) is 0 Å². The molecule has 0 aromatic rings. The van der Waals surface area contributed by atoms with Crippen LogP contribution in [0.25, 0.3) is 0 Å². The van der Waals surface area contributed by atoms with Crippen molar-refractivity contribution in [2.75, 3.05) is 25.9 Å². The fraction of sp³-hybridized carbons (Fsp3) is 1.00. The molecule has 1 saturated heterocycles. The van der Waals surface area contributed by atoms with Gasteiger partial charge in [0.2, 0.25) is 0 Å². The van der Waals surface area contributed by atoms with Gasteiger partial charge in [0.25, 0.3) is 0 Å². The fourth-order valence-electron chi connectivity index (χ4n) is 1.55. The minimum Gasteiger partial charge on any atom is -0.326 e. The third kappa shape index (κ3) is 3.33. The highest BCUT2D eigenvalue weighted by atomic mass is 32.2. The summed E-state index contributed by atoms with van der Waals surface area (Å²) in [5.74, 6) is 0. The van der Waals surface area contributed by atoms with Crippen molar-refractivity contribution in [2.45, 2.75) is 31.1 Å². The number of rotatable bonds is 4. The van der Waals surface area contributed by atoms with Crippen molar-refractivity contribution in [1.29, 1.82) is 0 Å². The summed E-state index contributed by atoms with van der Waals surface area (Å²) < 4.78 is 0. The number of likely N-dealkylation sites (tertiary alicyclic amines) is 1. The summed E-state index contributed by atoms with van der Waals surface area (Å²) in [4.78, 5) is 2.48. The van der Waals surface area contributed by atoms with Crippen LogP contribution in [0.1, 0.15) is 19.8 Å². The molecule has 0 spiro atoms. The van der Waals surface area contributed by atoms with Crippen molar-refractivity contribution in [2.24, 2.45) is 5.73 Å². The van der Waals surface area contributed by atoms with E-state index in [-0.39, 0.29) is 0 Å². The van der Waals surface area contributed by atoms with E-state index in [1.54, 1.807) is 0 Å². The highest BCUT2D eigenvalue weighted by molar-refractivity contribution is 7.99. The number of thioether (sulfide) groups is 1. The van der Waals surface area contributed by atoms with Crippen LogP contribution in [-0.4, -0.2) is 42.1 Å². The fourth-order valence-corrected chi connectivity index (χ4v) is 1.89. The Balaban J connectivity index is 2.07. The molecule has 1 aliphatic rings. The lowest BCUT2D eigenvalue weighted by Gasteiger charge is -2.16. The van der Waals surface area contributed by atoms with Gasteiger partial charge in [0.1, 0.15) is 0 Å². The van der Waals surface area contributed by atoms with Crippen LogP contribution in [0.5, 0.6) is 0 Å². The number of hydrogen-bond donors (Lipinski definition) is 1. The largest absolute Gasteiger partial charge is 0.326 e. The molecular formula is C9H20N2S. The summed E-state index contributed by atoms with van der Waals surface area (Å²) >= 11 is 1.95. The van der Waals surface area contributed by atoms with Gasteiger partial charge in [-0.1, -0.05) is 6.92 Å². The Morgan fingerprint density at radius 3 is 2.92 bits per heavy atom.